The van der Waals surface area contributed by atoms with Crippen LogP contribution in [0.3, 0.4) is 0 Å². The van der Waals surface area contributed by atoms with E-state index >= 15 is 0 Å². The van der Waals surface area contributed by atoms with Gasteiger partial charge in [-0.1, -0.05) is 23.2 Å². The minimum Gasteiger partial charge on any atom is -0.383 e. The Kier molecular flexibility index (Phi) is 8.65. The van der Waals surface area contributed by atoms with Crippen molar-refractivity contribution in [3.05, 3.63) is 33.8 Å². The van der Waals surface area contributed by atoms with Crippen molar-refractivity contribution in [3.63, 3.8) is 0 Å². The summed E-state index contributed by atoms with van der Waals surface area (Å²) in [5, 5.41) is 6.17. The SMILES string of the molecule is COCCN1CCC[C@H](CNC(=O)CNC(=O)c2cc(Cl)ccc2Cl)C1. The third-order valence-corrected chi connectivity index (χ3v) is 4.95. The maximum absolute atomic E-state index is 12.1. The standard InChI is InChI=1S/C18H25Cl2N3O3/c1-26-8-7-23-6-2-3-13(12-23)10-21-17(24)11-22-18(25)15-9-14(19)4-5-16(15)20/h4-5,9,13H,2-3,6-8,10-12H2,1H3,(H,21,24)(H,22,25)/t13-/m1/s1. The van der Waals surface area contributed by atoms with Crippen LogP contribution in [0.5, 0.6) is 0 Å². The van der Waals surface area contributed by atoms with Gasteiger partial charge >= 0.3 is 0 Å². The largest absolute Gasteiger partial charge is 0.383 e. The Hall–Kier alpha value is -1.34. The van der Waals surface area contributed by atoms with Crippen LogP contribution < -0.4 is 10.6 Å². The third kappa shape index (κ3) is 6.76. The van der Waals surface area contributed by atoms with Gasteiger partial charge in [-0.25, -0.2) is 0 Å². The number of carbonyl (C=O) groups excluding carboxylic acids is 2. The molecular weight excluding hydrogens is 377 g/mol. The molecular formula is C18H25Cl2N3O3. The van der Waals surface area contributed by atoms with E-state index in [1.54, 1.807) is 19.2 Å². The highest BCUT2D eigenvalue weighted by Gasteiger charge is 2.20. The Morgan fingerprint density at radius 2 is 2.12 bits per heavy atom. The second kappa shape index (κ2) is 10.7. The lowest BCUT2D eigenvalue weighted by Gasteiger charge is -2.32. The van der Waals surface area contributed by atoms with Crippen LogP contribution in [-0.4, -0.2) is 63.2 Å². The van der Waals surface area contributed by atoms with Gasteiger partial charge in [0, 0.05) is 31.8 Å². The predicted octanol–water partition coefficient (Wildman–Crippen LogP) is 2.20. The normalized spacial score (nSPS) is 17.7. The molecule has 1 aliphatic heterocycles. The summed E-state index contributed by atoms with van der Waals surface area (Å²) >= 11 is 11.9. The Morgan fingerprint density at radius 3 is 2.88 bits per heavy atom. The fraction of sp³-hybridized carbons (Fsp3) is 0.556. The van der Waals surface area contributed by atoms with E-state index in [1.807, 2.05) is 0 Å². The smallest absolute Gasteiger partial charge is 0.253 e. The maximum atomic E-state index is 12.1. The number of nitrogens with one attached hydrogen (secondary N) is 2. The van der Waals surface area contributed by atoms with Crippen molar-refractivity contribution in [1.82, 2.24) is 15.5 Å². The van der Waals surface area contributed by atoms with Gasteiger partial charge in [0.1, 0.15) is 0 Å². The van der Waals surface area contributed by atoms with Crippen molar-refractivity contribution >= 4 is 35.0 Å². The molecule has 26 heavy (non-hydrogen) atoms. The first-order chi connectivity index (χ1) is 12.5. The number of ether oxygens (including phenoxy) is 1. The molecule has 1 fully saturated rings. The van der Waals surface area contributed by atoms with Crippen molar-refractivity contribution in [3.8, 4) is 0 Å². The highest BCUT2D eigenvalue weighted by molar-refractivity contribution is 6.35. The van der Waals surface area contributed by atoms with Crippen LogP contribution >= 0.6 is 23.2 Å². The summed E-state index contributed by atoms with van der Waals surface area (Å²) in [6, 6.07) is 4.64. The van der Waals surface area contributed by atoms with E-state index in [-0.39, 0.29) is 18.0 Å². The van der Waals surface area contributed by atoms with Gasteiger partial charge < -0.3 is 20.3 Å². The number of hydrogen-bond acceptors (Lipinski definition) is 4. The number of hydrogen-bond donors (Lipinski definition) is 2. The van der Waals surface area contributed by atoms with Crippen LogP contribution in [0.2, 0.25) is 10.0 Å². The van der Waals surface area contributed by atoms with E-state index in [0.717, 1.165) is 39.1 Å². The predicted molar refractivity (Wildman–Crippen MR) is 103 cm³/mol. The van der Waals surface area contributed by atoms with Crippen LogP contribution in [0.15, 0.2) is 18.2 Å². The molecule has 8 heteroatoms. The molecule has 0 aliphatic carbocycles. The van der Waals surface area contributed by atoms with Gasteiger partial charge in [-0.3, -0.25) is 9.59 Å². The van der Waals surface area contributed by atoms with Crippen LogP contribution in [-0.2, 0) is 9.53 Å². The first-order valence-electron chi connectivity index (χ1n) is 8.71. The highest BCUT2D eigenvalue weighted by atomic mass is 35.5. The molecule has 0 bridgehead atoms. The monoisotopic (exact) mass is 401 g/mol. The Morgan fingerprint density at radius 1 is 1.31 bits per heavy atom. The van der Waals surface area contributed by atoms with Crippen LogP contribution in [0, 0.1) is 5.92 Å². The summed E-state index contributed by atoms with van der Waals surface area (Å²) in [6.45, 7) is 4.17. The molecule has 0 unspecified atom stereocenters. The molecule has 1 heterocycles. The third-order valence-electron chi connectivity index (χ3n) is 4.39. The lowest BCUT2D eigenvalue weighted by Crippen LogP contribution is -2.44. The van der Waals surface area contributed by atoms with E-state index in [0.29, 0.717) is 22.5 Å². The number of benzene rings is 1. The number of likely N-dealkylation sites (tertiary alicyclic amines) is 1. The zero-order valence-corrected chi connectivity index (χ0v) is 16.4. The average Bonchev–Trinajstić information content (AvgIpc) is 2.65. The summed E-state index contributed by atoms with van der Waals surface area (Å²) in [4.78, 5) is 26.5. The minimum absolute atomic E-state index is 0.0955. The molecule has 1 aromatic rings. The molecule has 1 saturated heterocycles. The van der Waals surface area contributed by atoms with E-state index in [2.05, 4.69) is 15.5 Å². The van der Waals surface area contributed by atoms with Gasteiger partial charge in [-0.15, -0.1) is 0 Å². The summed E-state index contributed by atoms with van der Waals surface area (Å²) in [5.74, 6) is -0.218. The molecule has 1 atom stereocenters. The van der Waals surface area contributed by atoms with Crippen molar-refractivity contribution in [2.24, 2.45) is 5.92 Å². The van der Waals surface area contributed by atoms with Gasteiger partial charge in [0.2, 0.25) is 5.91 Å². The lowest BCUT2D eigenvalue weighted by molar-refractivity contribution is -0.120. The highest BCUT2D eigenvalue weighted by Crippen LogP contribution is 2.20. The second-order valence-corrected chi connectivity index (χ2v) is 7.26. The number of rotatable bonds is 8. The van der Waals surface area contributed by atoms with E-state index < -0.39 is 5.91 Å². The first-order valence-corrected chi connectivity index (χ1v) is 9.46. The summed E-state index contributed by atoms with van der Waals surface area (Å²) in [6.07, 6.45) is 2.21. The molecule has 2 rings (SSSR count). The van der Waals surface area contributed by atoms with Gasteiger partial charge in [0.05, 0.1) is 23.7 Å². The number of carbonyl (C=O) groups is 2. The molecule has 2 amide bonds. The molecule has 6 nitrogen and oxygen atoms in total. The first kappa shape index (κ1) is 21.0. The Balaban J connectivity index is 1.71. The number of methoxy groups -OCH3 is 1. The number of halogens is 2. The Labute approximate surface area is 164 Å². The fourth-order valence-corrected chi connectivity index (χ4v) is 3.36. The van der Waals surface area contributed by atoms with E-state index in [1.165, 1.54) is 6.07 Å². The number of nitrogens with zero attached hydrogens (tertiary/aromatic N) is 1. The second-order valence-electron chi connectivity index (χ2n) is 6.41. The van der Waals surface area contributed by atoms with E-state index in [4.69, 9.17) is 27.9 Å². The summed E-state index contributed by atoms with van der Waals surface area (Å²) in [7, 11) is 1.70. The molecule has 0 radical (unpaired) electrons. The molecule has 144 valence electrons. The molecule has 1 aromatic carbocycles. The van der Waals surface area contributed by atoms with Gasteiger partial charge in [-0.2, -0.15) is 0 Å². The fourth-order valence-electron chi connectivity index (χ4n) is 2.99. The van der Waals surface area contributed by atoms with E-state index in [9.17, 15) is 9.59 Å². The Bertz CT molecular complexity index is 628. The zero-order chi connectivity index (χ0) is 18.9. The van der Waals surface area contributed by atoms with Crippen molar-refractivity contribution < 1.29 is 14.3 Å². The van der Waals surface area contributed by atoms with Gasteiger partial charge in [-0.05, 0) is 43.5 Å². The quantitative estimate of drug-likeness (QED) is 0.700. The molecule has 0 aromatic heterocycles. The van der Waals surface area contributed by atoms with Crippen LogP contribution in [0.25, 0.3) is 0 Å². The number of piperidine rings is 1. The molecule has 0 spiro atoms. The van der Waals surface area contributed by atoms with Gasteiger partial charge in [0.25, 0.3) is 5.91 Å². The van der Waals surface area contributed by atoms with Crippen molar-refractivity contribution in [2.75, 3.05) is 46.4 Å². The topological polar surface area (TPSA) is 70.7 Å². The van der Waals surface area contributed by atoms with Crippen molar-refractivity contribution in [1.29, 1.82) is 0 Å². The average molecular weight is 402 g/mol. The zero-order valence-electron chi connectivity index (χ0n) is 14.9. The summed E-state index contributed by atoms with van der Waals surface area (Å²) in [5.41, 5.74) is 0.257. The van der Waals surface area contributed by atoms with Crippen LogP contribution in [0.4, 0.5) is 0 Å². The maximum Gasteiger partial charge on any atom is 0.253 e. The molecule has 0 saturated carbocycles. The summed E-state index contributed by atoms with van der Waals surface area (Å²) < 4.78 is 5.12. The number of amides is 2. The molecule has 2 N–H and O–H groups in total. The minimum atomic E-state index is -0.420. The van der Waals surface area contributed by atoms with Gasteiger partial charge in [0.15, 0.2) is 0 Å². The lowest BCUT2D eigenvalue weighted by atomic mass is 9.98. The van der Waals surface area contributed by atoms with Crippen molar-refractivity contribution in [2.45, 2.75) is 12.8 Å². The molecule has 1 aliphatic rings. The van der Waals surface area contributed by atoms with Crippen LogP contribution in [0.1, 0.15) is 23.2 Å².